The lowest BCUT2D eigenvalue weighted by atomic mass is 10.1. The maximum absolute atomic E-state index is 13.0. The van der Waals surface area contributed by atoms with Gasteiger partial charge in [0.1, 0.15) is 5.78 Å². The third kappa shape index (κ3) is 2.63. The molecule has 6 nitrogen and oxygen atoms in total. The molecule has 7 heteroatoms. The summed E-state index contributed by atoms with van der Waals surface area (Å²) in [6.45, 7) is 5.73. The molecule has 0 N–H and O–H groups in total. The van der Waals surface area contributed by atoms with Gasteiger partial charge in [-0.3, -0.25) is 9.59 Å². The van der Waals surface area contributed by atoms with Crippen molar-refractivity contribution < 1.29 is 18.0 Å². The molecule has 0 fully saturated rings. The van der Waals surface area contributed by atoms with E-state index in [0.29, 0.717) is 35.1 Å². The predicted octanol–water partition coefficient (Wildman–Crippen LogP) is 2.42. The Bertz CT molecular complexity index is 978. The lowest BCUT2D eigenvalue weighted by Crippen LogP contribution is -2.31. The highest BCUT2D eigenvalue weighted by molar-refractivity contribution is 7.89. The molecule has 2 aromatic rings. The Labute approximate surface area is 147 Å². The molecule has 1 heterocycles. The zero-order chi connectivity index (χ0) is 18.4. The first-order valence-corrected chi connectivity index (χ1v) is 9.64. The molecule has 0 aliphatic carbocycles. The zero-order valence-electron chi connectivity index (χ0n) is 14.4. The molecule has 1 aliphatic heterocycles. The number of hydrogen-bond donors (Lipinski definition) is 0. The van der Waals surface area contributed by atoms with Crippen LogP contribution in [0.4, 0.5) is 5.69 Å². The smallest absolute Gasteiger partial charge is 0.259 e. The number of nitrogens with zero attached hydrogens (tertiary/aromatic N) is 2. The van der Waals surface area contributed by atoms with Crippen LogP contribution in [0.5, 0.6) is 0 Å². The molecule has 0 saturated carbocycles. The highest BCUT2D eigenvalue weighted by Gasteiger charge is 2.33. The molecule has 0 radical (unpaired) electrons. The topological polar surface area (TPSA) is 74.8 Å². The molecule has 1 amide bonds. The summed E-state index contributed by atoms with van der Waals surface area (Å²) < 4.78 is 27.3. The fraction of sp³-hybridized carbons (Fsp3) is 0.333. The van der Waals surface area contributed by atoms with Crippen molar-refractivity contribution in [2.75, 3.05) is 24.5 Å². The standard InChI is InChI=1S/C18H20N2O4S/c1-4-19(5-2)25(23,24)16-10-9-15-17-13(16)7-6-8-14(17)18(22)20(15)11-12(3)21/h6-10H,4-5,11H2,1-3H3. The molecule has 2 aromatic carbocycles. The number of Topliss-reactive ketones (excluding diaryl/α,β-unsaturated/α-hetero) is 1. The fourth-order valence-corrected chi connectivity index (χ4v) is 4.97. The quantitative estimate of drug-likeness (QED) is 0.793. The molecule has 0 saturated heterocycles. The second kappa shape index (κ2) is 6.24. The number of rotatable bonds is 6. The average Bonchev–Trinajstić information content (AvgIpc) is 2.83. The van der Waals surface area contributed by atoms with Crippen LogP contribution in [0.2, 0.25) is 0 Å². The Morgan fingerprint density at radius 2 is 1.80 bits per heavy atom. The minimum atomic E-state index is -3.65. The molecule has 0 unspecified atom stereocenters. The van der Waals surface area contributed by atoms with Crippen LogP contribution in [0.3, 0.4) is 0 Å². The number of ketones is 1. The third-order valence-electron chi connectivity index (χ3n) is 4.45. The fourth-order valence-electron chi connectivity index (χ4n) is 3.33. The average molecular weight is 360 g/mol. The van der Waals surface area contributed by atoms with Gasteiger partial charge in [0, 0.05) is 29.4 Å². The summed E-state index contributed by atoms with van der Waals surface area (Å²) in [4.78, 5) is 25.7. The number of anilines is 1. The van der Waals surface area contributed by atoms with Gasteiger partial charge in [0.15, 0.2) is 0 Å². The van der Waals surface area contributed by atoms with Crippen LogP contribution in [0.15, 0.2) is 35.2 Å². The maximum Gasteiger partial charge on any atom is 0.259 e. The molecule has 0 aromatic heterocycles. The molecule has 1 aliphatic rings. The summed E-state index contributed by atoms with van der Waals surface area (Å²) in [6.07, 6.45) is 0. The van der Waals surface area contributed by atoms with Crippen molar-refractivity contribution in [1.29, 1.82) is 0 Å². The van der Waals surface area contributed by atoms with Gasteiger partial charge in [0.05, 0.1) is 17.1 Å². The van der Waals surface area contributed by atoms with Crippen LogP contribution < -0.4 is 4.90 Å². The van der Waals surface area contributed by atoms with Crippen LogP contribution in [0.25, 0.3) is 10.8 Å². The first kappa shape index (κ1) is 17.6. The van der Waals surface area contributed by atoms with E-state index in [2.05, 4.69) is 0 Å². The Morgan fingerprint density at radius 1 is 1.12 bits per heavy atom. The normalized spacial score (nSPS) is 13.9. The van der Waals surface area contributed by atoms with Gasteiger partial charge in [-0.05, 0) is 25.1 Å². The largest absolute Gasteiger partial charge is 0.300 e. The SMILES string of the molecule is CCN(CC)S(=O)(=O)c1ccc2c3c(cccc13)C(=O)N2CC(C)=O. The second-order valence-electron chi connectivity index (χ2n) is 5.99. The van der Waals surface area contributed by atoms with Crippen molar-refractivity contribution in [1.82, 2.24) is 4.31 Å². The van der Waals surface area contributed by atoms with Crippen molar-refractivity contribution in [3.8, 4) is 0 Å². The van der Waals surface area contributed by atoms with Crippen molar-refractivity contribution >= 4 is 38.2 Å². The van der Waals surface area contributed by atoms with Gasteiger partial charge >= 0.3 is 0 Å². The minimum Gasteiger partial charge on any atom is -0.300 e. The van der Waals surface area contributed by atoms with Gasteiger partial charge in [-0.2, -0.15) is 4.31 Å². The molecule has 0 atom stereocenters. The summed E-state index contributed by atoms with van der Waals surface area (Å²) in [5, 5.41) is 1.11. The molecular weight excluding hydrogens is 340 g/mol. The molecule has 3 rings (SSSR count). The number of amides is 1. The Kier molecular flexibility index (Phi) is 4.38. The highest BCUT2D eigenvalue weighted by atomic mass is 32.2. The summed E-state index contributed by atoms with van der Waals surface area (Å²) in [5.41, 5.74) is 1.02. The first-order valence-electron chi connectivity index (χ1n) is 8.20. The van der Waals surface area contributed by atoms with E-state index in [1.165, 1.54) is 22.2 Å². The third-order valence-corrected chi connectivity index (χ3v) is 6.56. The molecule has 0 spiro atoms. The summed E-state index contributed by atoms with van der Waals surface area (Å²) in [5.74, 6) is -0.401. The number of carbonyl (C=O) groups excluding carboxylic acids is 2. The number of benzene rings is 2. The summed E-state index contributed by atoms with van der Waals surface area (Å²) >= 11 is 0. The van der Waals surface area contributed by atoms with E-state index >= 15 is 0 Å². The van der Waals surface area contributed by atoms with Crippen molar-refractivity contribution in [3.63, 3.8) is 0 Å². The first-order chi connectivity index (χ1) is 11.8. The highest BCUT2D eigenvalue weighted by Crippen LogP contribution is 2.40. The van der Waals surface area contributed by atoms with Gasteiger partial charge in [-0.1, -0.05) is 26.0 Å². The molecular formula is C18H20N2O4S. The van der Waals surface area contributed by atoms with E-state index in [1.54, 1.807) is 38.1 Å². The van der Waals surface area contributed by atoms with E-state index in [9.17, 15) is 18.0 Å². The van der Waals surface area contributed by atoms with Gasteiger partial charge in [-0.25, -0.2) is 8.42 Å². The molecule has 0 bridgehead atoms. The van der Waals surface area contributed by atoms with Gasteiger partial charge < -0.3 is 4.90 Å². The van der Waals surface area contributed by atoms with Crippen LogP contribution in [-0.2, 0) is 14.8 Å². The predicted molar refractivity (Wildman–Crippen MR) is 96.4 cm³/mol. The van der Waals surface area contributed by atoms with Crippen molar-refractivity contribution in [3.05, 3.63) is 35.9 Å². The van der Waals surface area contributed by atoms with E-state index in [0.717, 1.165) is 0 Å². The van der Waals surface area contributed by atoms with Crippen LogP contribution in [-0.4, -0.2) is 44.0 Å². The number of hydrogen-bond acceptors (Lipinski definition) is 4. The maximum atomic E-state index is 13.0. The lowest BCUT2D eigenvalue weighted by molar-refractivity contribution is -0.115. The molecule has 132 valence electrons. The van der Waals surface area contributed by atoms with E-state index in [1.807, 2.05) is 0 Å². The monoisotopic (exact) mass is 360 g/mol. The van der Waals surface area contributed by atoms with Gasteiger partial charge in [-0.15, -0.1) is 0 Å². The Morgan fingerprint density at radius 3 is 2.40 bits per heavy atom. The second-order valence-corrected chi connectivity index (χ2v) is 7.90. The minimum absolute atomic E-state index is 0.0231. The van der Waals surface area contributed by atoms with E-state index in [-0.39, 0.29) is 23.1 Å². The van der Waals surface area contributed by atoms with Gasteiger partial charge in [0.2, 0.25) is 10.0 Å². The summed E-state index contributed by atoms with van der Waals surface area (Å²) in [7, 11) is -3.65. The molecule has 25 heavy (non-hydrogen) atoms. The van der Waals surface area contributed by atoms with Crippen LogP contribution in [0.1, 0.15) is 31.1 Å². The number of carbonyl (C=O) groups is 2. The van der Waals surface area contributed by atoms with Crippen LogP contribution in [0, 0.1) is 0 Å². The number of sulfonamides is 1. The Hall–Kier alpha value is -2.25. The van der Waals surface area contributed by atoms with Crippen molar-refractivity contribution in [2.45, 2.75) is 25.7 Å². The lowest BCUT2D eigenvalue weighted by Gasteiger charge is -2.20. The van der Waals surface area contributed by atoms with Crippen molar-refractivity contribution in [2.24, 2.45) is 0 Å². The summed E-state index contributed by atoms with van der Waals surface area (Å²) in [6, 6.07) is 8.21. The van der Waals surface area contributed by atoms with Crippen LogP contribution >= 0.6 is 0 Å². The van der Waals surface area contributed by atoms with E-state index in [4.69, 9.17) is 0 Å². The Balaban J connectivity index is 2.27. The van der Waals surface area contributed by atoms with E-state index < -0.39 is 10.0 Å². The zero-order valence-corrected chi connectivity index (χ0v) is 15.3. The van der Waals surface area contributed by atoms with Gasteiger partial charge in [0.25, 0.3) is 5.91 Å².